The van der Waals surface area contributed by atoms with E-state index in [9.17, 15) is 14.7 Å². The van der Waals surface area contributed by atoms with Crippen molar-refractivity contribution >= 4 is 34.5 Å². The zero-order chi connectivity index (χ0) is 37.6. The molecule has 0 bridgehead atoms. The molecule has 0 saturated carbocycles. The highest BCUT2D eigenvalue weighted by Gasteiger charge is 2.29. The Morgan fingerprint density at radius 3 is 1.62 bits per heavy atom. The second kappa shape index (κ2) is 16.6. The molecule has 0 aliphatic rings. The van der Waals surface area contributed by atoms with Gasteiger partial charge in [0, 0.05) is 29.0 Å². The average molecular weight is 814 g/mol. The molecule has 52 heavy (non-hydrogen) atoms. The highest BCUT2D eigenvalue weighted by atomic mass is 127. The topological polar surface area (TPSA) is 81.6 Å². The van der Waals surface area contributed by atoms with Crippen molar-refractivity contribution in [3.63, 3.8) is 0 Å². The van der Waals surface area contributed by atoms with Crippen LogP contribution < -0.4 is 4.57 Å². The van der Waals surface area contributed by atoms with Crippen molar-refractivity contribution in [1.29, 1.82) is 0 Å². The molecule has 0 unspecified atom stereocenters. The molecule has 0 fully saturated rings. The number of hydrogen-bond donors (Lipinski definition) is 1. The Balaban J connectivity index is 1.42. The van der Waals surface area contributed by atoms with Crippen LogP contribution in [-0.2, 0) is 35.6 Å². The fourth-order valence-electron chi connectivity index (χ4n) is 6.22. The number of hydrogen-bond acceptors (Lipinski definition) is 5. The summed E-state index contributed by atoms with van der Waals surface area (Å²) in [5, 5.41) is 10.8. The molecule has 0 amide bonds. The first-order chi connectivity index (χ1) is 24.7. The largest absolute Gasteiger partial charge is 0.456 e. The number of esters is 2. The van der Waals surface area contributed by atoms with Gasteiger partial charge in [-0.3, -0.25) is 0 Å². The molecule has 0 atom stereocenters. The van der Waals surface area contributed by atoms with E-state index in [0.717, 1.165) is 62.2 Å². The van der Waals surface area contributed by atoms with Crippen molar-refractivity contribution in [2.75, 3.05) is 0 Å². The van der Waals surface area contributed by atoms with Gasteiger partial charge in [-0.2, -0.15) is 0 Å². The molecular formula is C44H50IN2O5+. The monoisotopic (exact) mass is 813 g/mol. The number of aliphatic hydroxyl groups is 1. The number of halogens is 1. The maximum absolute atomic E-state index is 13.0. The van der Waals surface area contributed by atoms with Crippen LogP contribution in [0.25, 0.3) is 22.3 Å². The van der Waals surface area contributed by atoms with E-state index < -0.39 is 11.2 Å². The molecule has 0 aliphatic heterocycles. The van der Waals surface area contributed by atoms with Crippen LogP contribution in [-0.4, -0.2) is 32.8 Å². The number of ether oxygens (including phenoxy) is 2. The predicted molar refractivity (Wildman–Crippen MR) is 214 cm³/mol. The highest BCUT2D eigenvalue weighted by Crippen LogP contribution is 2.29. The van der Waals surface area contributed by atoms with Gasteiger partial charge in [-0.05, 0) is 93.5 Å². The Morgan fingerprint density at radius 2 is 1.17 bits per heavy atom. The van der Waals surface area contributed by atoms with E-state index in [1.807, 2.05) is 108 Å². The van der Waals surface area contributed by atoms with Crippen LogP contribution in [0.5, 0.6) is 0 Å². The number of rotatable bonds is 12. The molecule has 0 aliphatic carbocycles. The third-order valence-corrected chi connectivity index (χ3v) is 9.84. The van der Waals surface area contributed by atoms with E-state index >= 15 is 0 Å². The molecule has 272 valence electrons. The van der Waals surface area contributed by atoms with Crippen LogP contribution in [0.3, 0.4) is 0 Å². The number of benzene rings is 4. The van der Waals surface area contributed by atoms with Gasteiger partial charge in [-0.15, -0.1) is 0 Å². The first kappa shape index (κ1) is 38.9. The molecule has 7 nitrogen and oxygen atoms in total. The summed E-state index contributed by atoms with van der Waals surface area (Å²) in [7, 11) is 0. The normalized spacial score (nSPS) is 11.8. The molecule has 1 N–H and O–H groups in total. The summed E-state index contributed by atoms with van der Waals surface area (Å²) in [5.41, 5.74) is 6.82. The molecule has 1 heterocycles. The minimum atomic E-state index is -0.585. The zero-order valence-electron chi connectivity index (χ0n) is 31.3. The van der Waals surface area contributed by atoms with E-state index in [1.165, 1.54) is 5.69 Å². The minimum Gasteiger partial charge on any atom is -0.456 e. The summed E-state index contributed by atoms with van der Waals surface area (Å²) >= 11 is 2.43. The predicted octanol–water partition coefficient (Wildman–Crippen LogP) is 9.56. The van der Waals surface area contributed by atoms with E-state index in [0.29, 0.717) is 24.2 Å². The molecule has 0 saturated heterocycles. The Morgan fingerprint density at radius 1 is 0.712 bits per heavy atom. The number of nitrogens with zero attached hydrogens (tertiary/aromatic N) is 2. The summed E-state index contributed by atoms with van der Waals surface area (Å²) in [6.07, 6.45) is 3.00. The summed E-state index contributed by atoms with van der Waals surface area (Å²) in [6.45, 7) is 14.5. The Bertz CT molecular complexity index is 2020. The molecule has 0 spiro atoms. The second-order valence-electron chi connectivity index (χ2n) is 15.1. The van der Waals surface area contributed by atoms with Crippen LogP contribution in [0.1, 0.15) is 105 Å². The Hall–Kier alpha value is -4.28. The fourth-order valence-corrected chi connectivity index (χ4v) is 7.23. The first-order valence-electron chi connectivity index (χ1n) is 17.9. The number of imidazole rings is 1. The van der Waals surface area contributed by atoms with Gasteiger partial charge < -0.3 is 14.6 Å². The van der Waals surface area contributed by atoms with Gasteiger partial charge in [-0.1, -0.05) is 98.3 Å². The first-order valence-corrected chi connectivity index (χ1v) is 19.0. The lowest BCUT2D eigenvalue weighted by molar-refractivity contribution is -0.709. The van der Waals surface area contributed by atoms with Crippen LogP contribution in [0, 0.1) is 3.70 Å². The molecule has 1 aromatic heterocycles. The maximum Gasteiger partial charge on any atom is 0.339 e. The Labute approximate surface area is 321 Å². The molecule has 8 heteroatoms. The summed E-state index contributed by atoms with van der Waals surface area (Å²) in [5.74, 6) is 0.160. The summed E-state index contributed by atoms with van der Waals surface area (Å²) < 4.78 is 16.9. The van der Waals surface area contributed by atoms with Crippen molar-refractivity contribution in [2.45, 2.75) is 98.6 Å². The number of aliphatic hydroxyl groups excluding tert-OH is 1. The highest BCUT2D eigenvalue weighted by molar-refractivity contribution is 14.1. The van der Waals surface area contributed by atoms with E-state index in [4.69, 9.17) is 9.47 Å². The van der Waals surface area contributed by atoms with Crippen LogP contribution in [0.2, 0.25) is 0 Å². The summed E-state index contributed by atoms with van der Waals surface area (Å²) in [4.78, 5) is 26.0. The van der Waals surface area contributed by atoms with Crippen LogP contribution in [0.15, 0.2) is 97.1 Å². The van der Waals surface area contributed by atoms with Crippen LogP contribution >= 0.6 is 22.6 Å². The number of carbonyl (C=O) groups is 2. The summed E-state index contributed by atoms with van der Waals surface area (Å²) in [6, 6.07) is 31.6. The average Bonchev–Trinajstić information content (AvgIpc) is 3.34. The van der Waals surface area contributed by atoms with Crippen LogP contribution in [0.4, 0.5) is 0 Å². The van der Waals surface area contributed by atoms with Gasteiger partial charge in [0.1, 0.15) is 30.9 Å². The van der Waals surface area contributed by atoms with Gasteiger partial charge in [0.05, 0.1) is 11.1 Å². The zero-order valence-corrected chi connectivity index (χ0v) is 33.5. The van der Waals surface area contributed by atoms with Gasteiger partial charge in [0.15, 0.2) is 5.69 Å². The van der Waals surface area contributed by atoms with Crippen molar-refractivity contribution in [3.05, 3.63) is 135 Å². The van der Waals surface area contributed by atoms with Crippen molar-refractivity contribution in [3.8, 4) is 22.3 Å². The van der Waals surface area contributed by atoms with Gasteiger partial charge in [0.2, 0.25) is 3.70 Å². The van der Waals surface area contributed by atoms with Crippen molar-refractivity contribution in [1.82, 2.24) is 4.57 Å². The lowest BCUT2D eigenvalue weighted by Crippen LogP contribution is -2.41. The van der Waals surface area contributed by atoms with Crippen molar-refractivity contribution < 1.29 is 28.7 Å². The number of unbranched alkanes of at least 4 members (excludes halogenated alkanes) is 1. The third-order valence-electron chi connectivity index (χ3n) is 8.64. The minimum absolute atomic E-state index is 0.106. The van der Waals surface area contributed by atoms with E-state index in [1.54, 1.807) is 6.07 Å². The smallest absolute Gasteiger partial charge is 0.339 e. The number of carbonyl (C=O) groups excluding carboxylic acids is 2. The standard InChI is InChI=1S/C44H50IN2O5/c1-8-9-18-38-40(45)47(28-31-21-25-33(26-22-31)35-15-11-13-17-37(35)42(50)52-44(5,6)7)39(29-48)46(38)27-30-19-23-32(24-20-30)34-14-10-12-16-36(34)41(49)51-43(2,3)4/h10-17,19-26,48H,8-9,18,27-29H2,1-7H3/q+1. The van der Waals surface area contributed by atoms with Gasteiger partial charge in [0.25, 0.3) is 5.82 Å². The van der Waals surface area contributed by atoms with Gasteiger partial charge in [-0.25, -0.2) is 18.7 Å². The molecular weight excluding hydrogens is 763 g/mol. The second-order valence-corrected chi connectivity index (χ2v) is 16.1. The molecule has 0 radical (unpaired) electrons. The van der Waals surface area contributed by atoms with Gasteiger partial charge >= 0.3 is 11.9 Å². The SMILES string of the molecule is CCCCc1c(I)[n+](Cc2ccc(-c3ccccc3C(=O)OC(C)(C)C)cc2)c(CO)n1Cc1ccc(-c2ccccc2C(=O)OC(C)(C)C)cc1. The fraction of sp³-hybridized carbons (Fsp3) is 0.341. The lowest BCUT2D eigenvalue weighted by Gasteiger charge is -2.20. The molecule has 5 aromatic rings. The van der Waals surface area contributed by atoms with E-state index in [2.05, 4.69) is 62.9 Å². The molecule has 4 aromatic carbocycles. The lowest BCUT2D eigenvalue weighted by atomic mass is 9.98. The number of aromatic nitrogens is 2. The third kappa shape index (κ3) is 9.58. The maximum atomic E-state index is 13.0. The quantitative estimate of drug-likeness (QED) is 0.0772. The van der Waals surface area contributed by atoms with Crippen molar-refractivity contribution in [2.24, 2.45) is 0 Å². The van der Waals surface area contributed by atoms with E-state index in [-0.39, 0.29) is 18.5 Å². The Kier molecular flexibility index (Phi) is 12.4. The molecule has 5 rings (SSSR count).